The molecule has 25 heavy (non-hydrogen) atoms. The fraction of sp³-hybridized carbons (Fsp3) is 0.190. The number of ether oxygens (including phenoxy) is 1. The van der Waals surface area contributed by atoms with Crippen molar-refractivity contribution in [2.75, 3.05) is 12.4 Å². The molecule has 0 fully saturated rings. The van der Waals surface area contributed by atoms with Crippen molar-refractivity contribution in [1.82, 2.24) is 4.57 Å². The minimum absolute atomic E-state index is 0.0212. The molecule has 0 spiro atoms. The van der Waals surface area contributed by atoms with E-state index in [1.807, 2.05) is 84.5 Å². The number of aryl methyl sites for hydroxylation is 1. The Morgan fingerprint density at radius 2 is 1.84 bits per heavy atom. The summed E-state index contributed by atoms with van der Waals surface area (Å²) in [5.41, 5.74) is 2.98. The molecule has 3 aromatic rings. The van der Waals surface area contributed by atoms with Gasteiger partial charge >= 0.3 is 0 Å². The molecule has 128 valence electrons. The average Bonchev–Trinajstić information content (AvgIpc) is 3.14. The number of hydrogen-bond acceptors (Lipinski definition) is 2. The Morgan fingerprint density at radius 3 is 2.56 bits per heavy atom. The third-order valence-corrected chi connectivity index (χ3v) is 4.15. The number of nitrogens with one attached hydrogen (secondary N) is 1. The number of benzene rings is 2. The maximum absolute atomic E-state index is 12.6. The lowest BCUT2D eigenvalue weighted by molar-refractivity contribution is -0.116. The molecule has 0 aliphatic heterocycles. The molecule has 1 unspecified atom stereocenters. The first-order valence-electron chi connectivity index (χ1n) is 8.28. The highest BCUT2D eigenvalue weighted by atomic mass is 16.5. The first-order chi connectivity index (χ1) is 12.2. The van der Waals surface area contributed by atoms with Gasteiger partial charge in [-0.3, -0.25) is 4.79 Å². The number of nitrogens with zero attached hydrogens (tertiary/aromatic N) is 1. The van der Waals surface area contributed by atoms with E-state index in [1.165, 1.54) is 0 Å². The van der Waals surface area contributed by atoms with Crippen molar-refractivity contribution >= 4 is 11.6 Å². The Hall–Kier alpha value is -3.01. The molecular formula is C21H22N2O2. The molecule has 4 heteroatoms. The molecule has 2 aromatic carbocycles. The zero-order valence-electron chi connectivity index (χ0n) is 14.5. The zero-order valence-corrected chi connectivity index (χ0v) is 14.5. The number of amides is 1. The quantitative estimate of drug-likeness (QED) is 0.725. The van der Waals surface area contributed by atoms with Crippen LogP contribution in [0.25, 0.3) is 0 Å². The Bertz CT molecular complexity index is 841. The molecule has 3 rings (SSSR count). The van der Waals surface area contributed by atoms with Gasteiger partial charge in [-0.2, -0.15) is 0 Å². The van der Waals surface area contributed by atoms with Crippen LogP contribution < -0.4 is 10.1 Å². The standard InChI is InChI=1S/C21H22N2O2/c1-16-7-5-9-18(13-16)22-21(24)15-20(23-11-3-4-12-23)17-8-6-10-19(14-17)25-2/h3-14,20H,15H2,1-2H3,(H,22,24). The van der Waals surface area contributed by atoms with Gasteiger partial charge in [0.05, 0.1) is 19.6 Å². The number of rotatable bonds is 6. The van der Waals surface area contributed by atoms with E-state index in [9.17, 15) is 4.79 Å². The van der Waals surface area contributed by atoms with E-state index in [1.54, 1.807) is 7.11 Å². The molecule has 0 saturated heterocycles. The van der Waals surface area contributed by atoms with Crippen LogP contribution in [0.2, 0.25) is 0 Å². The molecular weight excluding hydrogens is 312 g/mol. The maximum Gasteiger partial charge on any atom is 0.226 e. The van der Waals surface area contributed by atoms with E-state index in [4.69, 9.17) is 4.74 Å². The van der Waals surface area contributed by atoms with E-state index in [-0.39, 0.29) is 11.9 Å². The highest BCUT2D eigenvalue weighted by Gasteiger charge is 2.18. The molecule has 0 aliphatic rings. The lowest BCUT2D eigenvalue weighted by atomic mass is 10.0. The zero-order chi connectivity index (χ0) is 17.6. The molecule has 4 nitrogen and oxygen atoms in total. The van der Waals surface area contributed by atoms with Gasteiger partial charge in [0, 0.05) is 18.1 Å². The van der Waals surface area contributed by atoms with Gasteiger partial charge in [-0.1, -0.05) is 24.3 Å². The van der Waals surface area contributed by atoms with Crippen molar-refractivity contribution in [3.8, 4) is 5.75 Å². The van der Waals surface area contributed by atoms with Crippen molar-refractivity contribution in [3.05, 3.63) is 84.2 Å². The molecule has 1 aromatic heterocycles. The lowest BCUT2D eigenvalue weighted by Gasteiger charge is -2.20. The molecule has 1 atom stereocenters. The molecule has 1 N–H and O–H groups in total. The van der Waals surface area contributed by atoms with Crippen molar-refractivity contribution in [3.63, 3.8) is 0 Å². The van der Waals surface area contributed by atoms with Gasteiger partial charge in [0.25, 0.3) is 0 Å². The van der Waals surface area contributed by atoms with Crippen molar-refractivity contribution < 1.29 is 9.53 Å². The van der Waals surface area contributed by atoms with Crippen LogP contribution in [0.4, 0.5) is 5.69 Å². The number of anilines is 1. The maximum atomic E-state index is 12.6. The van der Waals surface area contributed by atoms with Crippen LogP contribution in [0.5, 0.6) is 5.75 Å². The summed E-state index contributed by atoms with van der Waals surface area (Å²) >= 11 is 0. The summed E-state index contributed by atoms with van der Waals surface area (Å²) in [5, 5.41) is 2.99. The Morgan fingerprint density at radius 1 is 1.08 bits per heavy atom. The van der Waals surface area contributed by atoms with Gasteiger partial charge < -0.3 is 14.6 Å². The van der Waals surface area contributed by atoms with Gasteiger partial charge in [-0.05, 0) is 54.4 Å². The van der Waals surface area contributed by atoms with E-state index in [0.717, 1.165) is 22.6 Å². The highest BCUT2D eigenvalue weighted by Crippen LogP contribution is 2.26. The van der Waals surface area contributed by atoms with Crippen LogP contribution in [-0.4, -0.2) is 17.6 Å². The van der Waals surface area contributed by atoms with Gasteiger partial charge in [0.2, 0.25) is 5.91 Å². The fourth-order valence-corrected chi connectivity index (χ4v) is 2.91. The second-order valence-corrected chi connectivity index (χ2v) is 6.04. The minimum atomic E-state index is -0.0880. The predicted molar refractivity (Wildman–Crippen MR) is 100.0 cm³/mol. The van der Waals surface area contributed by atoms with Crippen molar-refractivity contribution in [1.29, 1.82) is 0 Å². The summed E-state index contributed by atoms with van der Waals surface area (Å²) in [6.07, 6.45) is 4.30. The van der Waals surface area contributed by atoms with Crippen molar-refractivity contribution in [2.24, 2.45) is 0 Å². The smallest absolute Gasteiger partial charge is 0.226 e. The van der Waals surface area contributed by atoms with Crippen LogP contribution in [0.1, 0.15) is 23.6 Å². The second kappa shape index (κ2) is 7.71. The molecule has 0 bridgehead atoms. The normalized spacial score (nSPS) is 11.8. The summed E-state index contributed by atoms with van der Waals surface area (Å²) in [6.45, 7) is 2.01. The van der Waals surface area contributed by atoms with Gasteiger partial charge in [0.15, 0.2) is 0 Å². The largest absolute Gasteiger partial charge is 0.497 e. The lowest BCUT2D eigenvalue weighted by Crippen LogP contribution is -2.19. The molecule has 0 radical (unpaired) electrons. The molecule has 0 aliphatic carbocycles. The van der Waals surface area contributed by atoms with E-state index in [2.05, 4.69) is 5.32 Å². The van der Waals surface area contributed by atoms with Crippen LogP contribution >= 0.6 is 0 Å². The summed E-state index contributed by atoms with van der Waals surface area (Å²) < 4.78 is 7.37. The topological polar surface area (TPSA) is 43.3 Å². The number of carbonyl (C=O) groups is 1. The first kappa shape index (κ1) is 16.8. The van der Waals surface area contributed by atoms with Crippen LogP contribution in [0.3, 0.4) is 0 Å². The summed E-state index contributed by atoms with van der Waals surface area (Å²) in [5.74, 6) is 0.765. The highest BCUT2D eigenvalue weighted by molar-refractivity contribution is 5.91. The second-order valence-electron chi connectivity index (χ2n) is 6.04. The summed E-state index contributed by atoms with van der Waals surface area (Å²) in [7, 11) is 1.65. The van der Waals surface area contributed by atoms with Crippen LogP contribution in [0.15, 0.2) is 73.1 Å². The number of carbonyl (C=O) groups excluding carboxylic acids is 1. The van der Waals surface area contributed by atoms with E-state index in [0.29, 0.717) is 6.42 Å². The Labute approximate surface area is 148 Å². The third-order valence-electron chi connectivity index (χ3n) is 4.15. The van der Waals surface area contributed by atoms with Crippen LogP contribution in [0, 0.1) is 6.92 Å². The van der Waals surface area contributed by atoms with Gasteiger partial charge in [-0.25, -0.2) is 0 Å². The molecule has 1 amide bonds. The summed E-state index contributed by atoms with van der Waals surface area (Å²) in [6, 6.07) is 19.5. The number of hydrogen-bond donors (Lipinski definition) is 1. The van der Waals surface area contributed by atoms with E-state index < -0.39 is 0 Å². The Balaban J connectivity index is 1.81. The monoisotopic (exact) mass is 334 g/mol. The van der Waals surface area contributed by atoms with E-state index >= 15 is 0 Å². The first-order valence-corrected chi connectivity index (χ1v) is 8.28. The average molecular weight is 334 g/mol. The van der Waals surface area contributed by atoms with Gasteiger partial charge in [-0.15, -0.1) is 0 Å². The fourth-order valence-electron chi connectivity index (χ4n) is 2.91. The summed E-state index contributed by atoms with van der Waals surface area (Å²) in [4.78, 5) is 12.6. The van der Waals surface area contributed by atoms with Crippen molar-refractivity contribution in [2.45, 2.75) is 19.4 Å². The van der Waals surface area contributed by atoms with Crippen LogP contribution in [-0.2, 0) is 4.79 Å². The van der Waals surface area contributed by atoms with Gasteiger partial charge in [0.1, 0.15) is 5.75 Å². The predicted octanol–water partition coefficient (Wildman–Crippen LogP) is 4.42. The molecule has 0 saturated carbocycles. The number of methoxy groups -OCH3 is 1. The SMILES string of the molecule is COc1cccc(C(CC(=O)Nc2cccc(C)c2)n2cccc2)c1. The molecule has 1 heterocycles. The third kappa shape index (κ3) is 4.29. The Kier molecular flexibility index (Phi) is 5.19. The minimum Gasteiger partial charge on any atom is -0.497 e. The number of aromatic nitrogens is 1.